The first-order chi connectivity index (χ1) is 19.5. The van der Waals surface area contributed by atoms with E-state index in [-0.39, 0.29) is 18.0 Å². The maximum Gasteiger partial charge on any atom is 0.255 e. The van der Waals surface area contributed by atoms with Crippen molar-refractivity contribution in [3.8, 4) is 16.9 Å². The molecule has 1 aliphatic carbocycles. The predicted molar refractivity (Wildman–Crippen MR) is 154 cm³/mol. The Morgan fingerprint density at radius 3 is 2.55 bits per heavy atom. The number of aromatic nitrogens is 1. The van der Waals surface area contributed by atoms with Crippen molar-refractivity contribution in [2.24, 2.45) is 0 Å². The van der Waals surface area contributed by atoms with Crippen molar-refractivity contribution in [3.63, 3.8) is 0 Å². The summed E-state index contributed by atoms with van der Waals surface area (Å²) in [6.45, 7) is 0.213. The average Bonchev–Trinajstić information content (AvgIpc) is 3.61. The Hall–Kier alpha value is -4.04. The predicted octanol–water partition coefficient (Wildman–Crippen LogP) is 7.34. The molecular weight excluding hydrogens is 525 g/mol. The van der Waals surface area contributed by atoms with Crippen LogP contribution in [0.1, 0.15) is 71.1 Å². The zero-order valence-electron chi connectivity index (χ0n) is 22.2. The van der Waals surface area contributed by atoms with Gasteiger partial charge in [-0.15, -0.1) is 11.3 Å². The van der Waals surface area contributed by atoms with Crippen LogP contribution in [0.3, 0.4) is 0 Å². The Morgan fingerprint density at radius 2 is 1.82 bits per heavy atom. The summed E-state index contributed by atoms with van der Waals surface area (Å²) in [5, 5.41) is 4.92. The molecule has 2 aliphatic rings. The van der Waals surface area contributed by atoms with E-state index in [1.54, 1.807) is 11.6 Å². The molecule has 2 heterocycles. The third-order valence-corrected chi connectivity index (χ3v) is 8.66. The minimum Gasteiger partial charge on any atom is -0.496 e. The molecule has 6 rings (SSSR count). The van der Waals surface area contributed by atoms with Crippen LogP contribution in [0.25, 0.3) is 11.1 Å². The number of amides is 2. The summed E-state index contributed by atoms with van der Waals surface area (Å²) in [6, 6.07) is 17.4. The highest BCUT2D eigenvalue weighted by molar-refractivity contribution is 7.13. The zero-order valence-corrected chi connectivity index (χ0v) is 23.0. The van der Waals surface area contributed by atoms with Gasteiger partial charge in [0.2, 0.25) is 0 Å². The number of anilines is 1. The van der Waals surface area contributed by atoms with E-state index >= 15 is 0 Å². The molecule has 1 aromatic heterocycles. The molecule has 3 aromatic carbocycles. The first-order valence-electron chi connectivity index (χ1n) is 13.6. The van der Waals surface area contributed by atoms with Gasteiger partial charge < -0.3 is 9.64 Å². The quantitative estimate of drug-likeness (QED) is 0.259. The highest BCUT2D eigenvalue weighted by atomic mass is 32.1. The van der Waals surface area contributed by atoms with Gasteiger partial charge in [-0.25, -0.2) is 9.37 Å². The minimum atomic E-state index is -1.12. The number of carbonyl (C=O) groups excluding carboxylic acids is 2. The van der Waals surface area contributed by atoms with Crippen LogP contribution in [-0.2, 0) is 11.3 Å². The van der Waals surface area contributed by atoms with E-state index in [0.717, 1.165) is 16.7 Å². The van der Waals surface area contributed by atoms with Gasteiger partial charge in [0, 0.05) is 29.2 Å². The summed E-state index contributed by atoms with van der Waals surface area (Å²) >= 11 is 1.27. The average molecular weight is 556 g/mol. The molecule has 204 valence electrons. The molecule has 0 bridgehead atoms. The van der Waals surface area contributed by atoms with E-state index in [1.807, 2.05) is 18.2 Å². The molecule has 1 N–H and O–H groups in total. The van der Waals surface area contributed by atoms with E-state index in [9.17, 15) is 14.0 Å². The second-order valence-corrected chi connectivity index (χ2v) is 11.3. The van der Waals surface area contributed by atoms with Crippen molar-refractivity contribution >= 4 is 28.3 Å². The lowest BCUT2D eigenvalue weighted by molar-refractivity contribution is -0.120. The molecule has 1 saturated carbocycles. The molecule has 1 atom stereocenters. The Kier molecular flexibility index (Phi) is 7.34. The zero-order chi connectivity index (χ0) is 27.6. The van der Waals surface area contributed by atoms with E-state index in [0.29, 0.717) is 22.4 Å². The highest BCUT2D eigenvalue weighted by Gasteiger charge is 2.39. The van der Waals surface area contributed by atoms with Gasteiger partial charge in [-0.2, -0.15) is 0 Å². The third-order valence-electron chi connectivity index (χ3n) is 7.97. The van der Waals surface area contributed by atoms with Crippen LogP contribution in [0.4, 0.5) is 9.52 Å². The number of thiazole rings is 1. The fraction of sp³-hybridized carbons (Fsp3) is 0.281. The number of carbonyl (C=O) groups is 2. The van der Waals surface area contributed by atoms with Gasteiger partial charge in [0.05, 0.1) is 7.11 Å². The van der Waals surface area contributed by atoms with Gasteiger partial charge in [0.1, 0.15) is 17.6 Å². The summed E-state index contributed by atoms with van der Waals surface area (Å²) in [5.41, 5.74) is 4.99. The lowest BCUT2D eigenvalue weighted by atomic mass is 9.83. The Labute approximate surface area is 236 Å². The van der Waals surface area contributed by atoms with E-state index < -0.39 is 17.8 Å². The van der Waals surface area contributed by atoms with Gasteiger partial charge in [-0.1, -0.05) is 55.7 Å². The maximum atomic E-state index is 14.4. The number of fused-ring (bicyclic) bond motifs is 1. The van der Waals surface area contributed by atoms with Crippen LogP contribution < -0.4 is 10.1 Å². The van der Waals surface area contributed by atoms with Gasteiger partial charge in [-0.05, 0) is 65.3 Å². The summed E-state index contributed by atoms with van der Waals surface area (Å²) in [4.78, 5) is 33.1. The lowest BCUT2D eigenvalue weighted by Crippen LogP contribution is -2.37. The first-order valence-corrected chi connectivity index (χ1v) is 14.5. The summed E-state index contributed by atoms with van der Waals surface area (Å²) in [6.07, 6.45) is 7.98. The van der Waals surface area contributed by atoms with Gasteiger partial charge in [0.25, 0.3) is 11.8 Å². The van der Waals surface area contributed by atoms with Crippen LogP contribution in [0.2, 0.25) is 0 Å². The summed E-state index contributed by atoms with van der Waals surface area (Å²) in [7, 11) is 1.46. The SMILES string of the molecule is COc1ccc(F)cc1C(C(=O)Nc1nccs1)N1Cc2ccc(-c3ccc(C4CCCCC4)cc3)cc2C1=O. The number of rotatable bonds is 7. The number of hydrogen-bond donors (Lipinski definition) is 1. The number of methoxy groups -OCH3 is 1. The molecule has 1 aliphatic heterocycles. The molecule has 0 saturated heterocycles. The normalized spacial score (nSPS) is 16.1. The Morgan fingerprint density at radius 1 is 1.05 bits per heavy atom. The van der Waals surface area contributed by atoms with Crippen molar-refractivity contribution in [1.29, 1.82) is 0 Å². The first kappa shape index (κ1) is 26.2. The fourth-order valence-electron chi connectivity index (χ4n) is 5.92. The number of nitrogens with zero attached hydrogens (tertiary/aromatic N) is 2. The maximum absolute atomic E-state index is 14.4. The van der Waals surface area contributed by atoms with Crippen molar-refractivity contribution < 1.29 is 18.7 Å². The van der Waals surface area contributed by atoms with Crippen LogP contribution in [0.5, 0.6) is 5.75 Å². The van der Waals surface area contributed by atoms with Gasteiger partial charge in [0.15, 0.2) is 5.13 Å². The van der Waals surface area contributed by atoms with Crippen LogP contribution in [0, 0.1) is 5.82 Å². The molecule has 4 aromatic rings. The molecule has 6 nitrogen and oxygen atoms in total. The smallest absolute Gasteiger partial charge is 0.255 e. The second kappa shape index (κ2) is 11.2. The largest absolute Gasteiger partial charge is 0.496 e. The molecule has 40 heavy (non-hydrogen) atoms. The van der Waals surface area contributed by atoms with Crippen LogP contribution in [0.15, 0.2) is 72.2 Å². The molecule has 8 heteroatoms. The van der Waals surface area contributed by atoms with Crippen molar-refractivity contribution in [1.82, 2.24) is 9.88 Å². The van der Waals surface area contributed by atoms with E-state index in [1.165, 1.54) is 79.2 Å². The topological polar surface area (TPSA) is 71.5 Å². The number of hydrogen-bond acceptors (Lipinski definition) is 5. The fourth-order valence-corrected chi connectivity index (χ4v) is 6.46. The minimum absolute atomic E-state index is 0.213. The highest BCUT2D eigenvalue weighted by Crippen LogP contribution is 2.39. The molecule has 0 spiro atoms. The summed E-state index contributed by atoms with van der Waals surface area (Å²) in [5.74, 6) is -0.348. The third kappa shape index (κ3) is 5.11. The van der Waals surface area contributed by atoms with E-state index in [2.05, 4.69) is 34.6 Å². The lowest BCUT2D eigenvalue weighted by Gasteiger charge is -2.28. The molecule has 1 fully saturated rings. The van der Waals surface area contributed by atoms with Crippen molar-refractivity contribution in [2.75, 3.05) is 12.4 Å². The molecule has 2 amide bonds. The van der Waals surface area contributed by atoms with Crippen molar-refractivity contribution in [2.45, 2.75) is 50.6 Å². The Balaban J connectivity index is 1.31. The molecular formula is C32H30FN3O3S. The number of nitrogens with one attached hydrogen (secondary N) is 1. The standard InChI is InChI=1S/C32H30FN3O3S/c1-39-28-14-13-25(33)18-27(28)29(30(37)35-32-34-15-16-40-32)36-19-24-12-11-23(17-26(24)31(36)38)22-9-7-21(8-10-22)20-5-3-2-4-6-20/h7-18,20,29H,2-6,19H2,1H3,(H,34,35,37). The van der Waals surface area contributed by atoms with Crippen LogP contribution in [-0.4, -0.2) is 28.8 Å². The van der Waals surface area contributed by atoms with Gasteiger partial charge >= 0.3 is 0 Å². The molecule has 1 unspecified atom stereocenters. The number of halogens is 1. The van der Waals surface area contributed by atoms with E-state index in [4.69, 9.17) is 4.74 Å². The van der Waals surface area contributed by atoms with Crippen LogP contribution >= 0.6 is 11.3 Å². The van der Waals surface area contributed by atoms with Gasteiger partial charge in [-0.3, -0.25) is 14.9 Å². The monoisotopic (exact) mass is 555 g/mol. The number of benzene rings is 3. The Bertz CT molecular complexity index is 1530. The van der Waals surface area contributed by atoms with Crippen molar-refractivity contribution in [3.05, 3.63) is 100 Å². The molecule has 0 radical (unpaired) electrons. The number of ether oxygens (including phenoxy) is 1. The summed E-state index contributed by atoms with van der Waals surface area (Å²) < 4.78 is 19.9. The second-order valence-electron chi connectivity index (χ2n) is 10.4.